The van der Waals surface area contributed by atoms with Gasteiger partial charge >= 0.3 is 0 Å². The van der Waals surface area contributed by atoms with E-state index < -0.39 is 6.10 Å². The number of halogens is 2. The van der Waals surface area contributed by atoms with E-state index in [9.17, 15) is 9.90 Å². The third-order valence-corrected chi connectivity index (χ3v) is 4.65. The second kappa shape index (κ2) is 8.65. The lowest BCUT2D eigenvalue weighted by Gasteiger charge is -2.05. The summed E-state index contributed by atoms with van der Waals surface area (Å²) in [7, 11) is 0. The number of aromatic nitrogens is 2. The number of aliphatic hydroxyl groups excluding tert-OH is 1. The molecular weight excluding hydrogens is 395 g/mol. The predicted octanol–water partition coefficient (Wildman–Crippen LogP) is 6.03. The van der Waals surface area contributed by atoms with Crippen LogP contribution in [0.4, 0.5) is 0 Å². The maximum Gasteiger partial charge on any atom is 0.159 e. The highest BCUT2D eigenvalue weighted by molar-refractivity contribution is 6.30. The molecule has 0 spiro atoms. The van der Waals surface area contributed by atoms with Gasteiger partial charge in [0.1, 0.15) is 10.3 Å². The Labute approximate surface area is 172 Å². The smallest absolute Gasteiger partial charge is 0.159 e. The molecule has 4 rings (SSSR count). The molecule has 2 aromatic heterocycles. The van der Waals surface area contributed by atoms with Crippen LogP contribution in [0.2, 0.25) is 10.3 Å². The van der Waals surface area contributed by atoms with Gasteiger partial charge in [0.2, 0.25) is 0 Å². The van der Waals surface area contributed by atoms with E-state index in [1.54, 1.807) is 31.2 Å². The lowest BCUT2D eigenvalue weighted by Crippen LogP contribution is -1.91. The summed E-state index contributed by atoms with van der Waals surface area (Å²) in [5.41, 5.74) is 3.08. The molecule has 1 atom stereocenters. The second-order valence-corrected chi connectivity index (χ2v) is 7.13. The van der Waals surface area contributed by atoms with Crippen molar-refractivity contribution in [2.75, 3.05) is 0 Å². The number of nitrogens with zero attached hydrogens (tertiary/aromatic N) is 2. The summed E-state index contributed by atoms with van der Waals surface area (Å²) in [5, 5.41) is 12.3. The van der Waals surface area contributed by atoms with E-state index in [4.69, 9.17) is 23.2 Å². The van der Waals surface area contributed by atoms with Gasteiger partial charge in [0.05, 0.1) is 17.1 Å². The van der Waals surface area contributed by atoms with E-state index in [1.165, 1.54) is 6.92 Å². The summed E-state index contributed by atoms with van der Waals surface area (Å²) in [5.74, 6) is 0.0358. The van der Waals surface area contributed by atoms with Crippen LogP contribution in [0.1, 0.15) is 35.9 Å². The van der Waals surface area contributed by atoms with Crippen molar-refractivity contribution in [1.82, 2.24) is 9.97 Å². The van der Waals surface area contributed by atoms with Gasteiger partial charge in [-0.1, -0.05) is 47.5 Å². The maximum absolute atomic E-state index is 11.1. The molecular formula is C22H18Cl2N2O2. The summed E-state index contributed by atoms with van der Waals surface area (Å²) in [6, 6.07) is 18.4. The first-order valence-corrected chi connectivity index (χ1v) is 9.40. The fourth-order valence-electron chi connectivity index (χ4n) is 2.68. The van der Waals surface area contributed by atoms with Crippen molar-refractivity contribution in [3.05, 3.63) is 82.1 Å². The average Bonchev–Trinajstić information content (AvgIpc) is 2.67. The highest BCUT2D eigenvalue weighted by Crippen LogP contribution is 2.20. The number of ketones is 1. The van der Waals surface area contributed by atoms with Crippen LogP contribution in [0.15, 0.2) is 60.7 Å². The molecule has 0 amide bonds. The van der Waals surface area contributed by atoms with Gasteiger partial charge in [-0.3, -0.25) is 4.79 Å². The number of pyridine rings is 2. The number of carbonyl (C=O) groups excluding carboxylic acids is 1. The summed E-state index contributed by atoms with van der Waals surface area (Å²) in [6.45, 7) is 3.26. The first-order chi connectivity index (χ1) is 13.3. The predicted molar refractivity (Wildman–Crippen MR) is 114 cm³/mol. The molecule has 0 aliphatic heterocycles. The molecule has 0 aliphatic rings. The Kier molecular flexibility index (Phi) is 6.25. The Balaban J connectivity index is 0.000000161. The molecule has 0 fully saturated rings. The largest absolute Gasteiger partial charge is 0.389 e. The molecule has 0 unspecified atom stereocenters. The molecule has 4 aromatic rings. The Morgan fingerprint density at radius 3 is 1.89 bits per heavy atom. The number of hydrogen-bond donors (Lipinski definition) is 1. The van der Waals surface area contributed by atoms with Crippen LogP contribution in [0.5, 0.6) is 0 Å². The molecule has 0 aliphatic carbocycles. The fraction of sp³-hybridized carbons (Fsp3) is 0.136. The molecule has 0 radical (unpaired) electrons. The summed E-state index contributed by atoms with van der Waals surface area (Å²) < 4.78 is 0. The van der Waals surface area contributed by atoms with Crippen molar-refractivity contribution in [3.8, 4) is 0 Å². The van der Waals surface area contributed by atoms with Gasteiger partial charge in [-0.05, 0) is 55.8 Å². The highest BCUT2D eigenvalue weighted by Gasteiger charge is 2.03. The van der Waals surface area contributed by atoms with Crippen LogP contribution in [-0.4, -0.2) is 20.9 Å². The average molecular weight is 413 g/mol. The molecule has 2 aromatic carbocycles. The Morgan fingerprint density at radius 1 is 0.857 bits per heavy atom. The second-order valence-electron chi connectivity index (χ2n) is 6.36. The van der Waals surface area contributed by atoms with Crippen LogP contribution in [-0.2, 0) is 0 Å². The molecule has 2 heterocycles. The molecule has 6 heteroatoms. The minimum absolute atomic E-state index is 0.0358. The molecule has 142 valence electrons. The zero-order chi connectivity index (χ0) is 20.3. The van der Waals surface area contributed by atoms with E-state index in [0.29, 0.717) is 15.9 Å². The van der Waals surface area contributed by atoms with Crippen molar-refractivity contribution in [2.24, 2.45) is 0 Å². The number of Topliss-reactive ketones (excluding diaryl/α,β-unsaturated/α-hetero) is 1. The van der Waals surface area contributed by atoms with Crippen molar-refractivity contribution >= 4 is 50.8 Å². The lowest BCUT2D eigenvalue weighted by atomic mass is 10.1. The Morgan fingerprint density at radius 2 is 1.36 bits per heavy atom. The van der Waals surface area contributed by atoms with Gasteiger partial charge in [0.15, 0.2) is 5.78 Å². The van der Waals surface area contributed by atoms with Crippen LogP contribution in [0, 0.1) is 0 Å². The van der Waals surface area contributed by atoms with Gasteiger partial charge < -0.3 is 5.11 Å². The molecule has 0 saturated heterocycles. The first-order valence-electron chi connectivity index (χ1n) is 8.65. The molecule has 4 nitrogen and oxygen atoms in total. The van der Waals surface area contributed by atoms with E-state index in [2.05, 4.69) is 9.97 Å². The molecule has 1 N–H and O–H groups in total. The van der Waals surface area contributed by atoms with Crippen LogP contribution in [0.3, 0.4) is 0 Å². The lowest BCUT2D eigenvalue weighted by molar-refractivity contribution is 0.101. The number of rotatable bonds is 2. The SMILES string of the molecule is CC(=O)c1ccc2ccc(Cl)nc2c1.C[C@@H](O)c1ccc2ccc(Cl)nc2c1. The Hall–Kier alpha value is -2.53. The quantitative estimate of drug-likeness (QED) is 0.322. The first kappa shape index (κ1) is 20.2. The summed E-state index contributed by atoms with van der Waals surface area (Å²) in [4.78, 5) is 19.4. The highest BCUT2D eigenvalue weighted by atomic mass is 35.5. The van der Waals surface area contributed by atoms with Crippen molar-refractivity contribution in [2.45, 2.75) is 20.0 Å². The van der Waals surface area contributed by atoms with E-state index in [-0.39, 0.29) is 5.78 Å². The van der Waals surface area contributed by atoms with Crippen molar-refractivity contribution in [3.63, 3.8) is 0 Å². The molecule has 28 heavy (non-hydrogen) atoms. The van der Waals surface area contributed by atoms with Crippen LogP contribution in [0.25, 0.3) is 21.8 Å². The number of hydrogen-bond acceptors (Lipinski definition) is 4. The zero-order valence-corrected chi connectivity index (χ0v) is 16.9. The summed E-state index contributed by atoms with van der Waals surface area (Å²) >= 11 is 11.5. The van der Waals surface area contributed by atoms with E-state index >= 15 is 0 Å². The standard InChI is InChI=1S/C11H10ClNO.C11H8ClNO/c2*1-7(14)9-3-2-8-4-5-11(12)13-10(8)6-9/h2-7,14H,1H3;2-6H,1H3/t7-;/m1./s1. The Bertz CT molecular complexity index is 1160. The minimum atomic E-state index is -0.472. The van der Waals surface area contributed by atoms with Gasteiger partial charge in [-0.15, -0.1) is 0 Å². The van der Waals surface area contributed by atoms with E-state index in [0.717, 1.165) is 27.4 Å². The van der Waals surface area contributed by atoms with Crippen LogP contribution >= 0.6 is 23.2 Å². The van der Waals surface area contributed by atoms with Crippen LogP contribution < -0.4 is 0 Å². The van der Waals surface area contributed by atoms with Gasteiger partial charge in [-0.25, -0.2) is 9.97 Å². The summed E-state index contributed by atoms with van der Waals surface area (Å²) in [6.07, 6.45) is -0.472. The fourth-order valence-corrected chi connectivity index (χ4v) is 2.99. The number of carbonyl (C=O) groups is 1. The van der Waals surface area contributed by atoms with Crippen molar-refractivity contribution < 1.29 is 9.90 Å². The minimum Gasteiger partial charge on any atom is -0.389 e. The van der Waals surface area contributed by atoms with Gasteiger partial charge in [0, 0.05) is 16.3 Å². The number of aliphatic hydroxyl groups is 1. The monoisotopic (exact) mass is 412 g/mol. The third kappa shape index (κ3) is 4.84. The normalized spacial score (nSPS) is 11.8. The van der Waals surface area contributed by atoms with E-state index in [1.807, 2.05) is 36.4 Å². The van der Waals surface area contributed by atoms with Gasteiger partial charge in [-0.2, -0.15) is 0 Å². The third-order valence-electron chi connectivity index (χ3n) is 4.23. The number of fused-ring (bicyclic) bond motifs is 2. The topological polar surface area (TPSA) is 63.1 Å². The van der Waals surface area contributed by atoms with Crippen molar-refractivity contribution in [1.29, 1.82) is 0 Å². The maximum atomic E-state index is 11.1. The van der Waals surface area contributed by atoms with Gasteiger partial charge in [0.25, 0.3) is 0 Å². The molecule has 0 bridgehead atoms. The zero-order valence-electron chi connectivity index (χ0n) is 15.4. The molecule has 0 saturated carbocycles. The number of benzene rings is 2.